The molecule has 0 aliphatic carbocycles. The van der Waals surface area contributed by atoms with Gasteiger partial charge in [-0.1, -0.05) is 13.0 Å². The smallest absolute Gasteiger partial charge is 0.178 e. The van der Waals surface area contributed by atoms with E-state index in [2.05, 4.69) is 22.5 Å². The van der Waals surface area contributed by atoms with Gasteiger partial charge in [0.2, 0.25) is 0 Å². The van der Waals surface area contributed by atoms with Gasteiger partial charge in [-0.2, -0.15) is 0 Å². The average molecular weight is 324 g/mol. The van der Waals surface area contributed by atoms with Crippen LogP contribution in [0.15, 0.2) is 18.2 Å². The molecule has 0 saturated carbocycles. The maximum Gasteiger partial charge on any atom is 0.178 e. The fourth-order valence-corrected chi connectivity index (χ4v) is 4.48. The molecule has 1 N–H and O–H groups in total. The Morgan fingerprint density at radius 1 is 1.43 bits per heavy atom. The standard InChI is InChI=1S/C15H20N2O2S2/c1-2-8-19-13-5-3-4-12-14(13)16-15(20)17(12)11-6-9-21(18)10-7-11/h3-5,11H,2,6-10H2,1H3,(H,16,20). The second-order valence-corrected chi connectivity index (χ2v) is 7.46. The van der Waals surface area contributed by atoms with E-state index in [9.17, 15) is 4.21 Å². The van der Waals surface area contributed by atoms with Gasteiger partial charge >= 0.3 is 0 Å². The van der Waals surface area contributed by atoms with Gasteiger partial charge in [-0.3, -0.25) is 4.21 Å². The molecule has 2 aromatic rings. The lowest BCUT2D eigenvalue weighted by Gasteiger charge is -2.23. The van der Waals surface area contributed by atoms with Crippen molar-refractivity contribution in [2.75, 3.05) is 18.1 Å². The summed E-state index contributed by atoms with van der Waals surface area (Å²) in [4.78, 5) is 3.29. The first-order chi connectivity index (χ1) is 10.2. The number of para-hydroxylation sites is 1. The zero-order valence-corrected chi connectivity index (χ0v) is 13.8. The number of imidazole rings is 1. The van der Waals surface area contributed by atoms with E-state index in [1.165, 1.54) is 0 Å². The molecule has 1 aliphatic rings. The summed E-state index contributed by atoms with van der Waals surface area (Å²) in [5.41, 5.74) is 2.06. The predicted octanol–water partition coefficient (Wildman–Crippen LogP) is 3.57. The number of benzene rings is 1. The molecule has 0 spiro atoms. The van der Waals surface area contributed by atoms with Crippen molar-refractivity contribution in [3.05, 3.63) is 23.0 Å². The zero-order chi connectivity index (χ0) is 14.8. The minimum absolute atomic E-state index is 0.338. The summed E-state index contributed by atoms with van der Waals surface area (Å²) in [6.07, 6.45) is 2.83. The van der Waals surface area contributed by atoms with Gasteiger partial charge in [-0.25, -0.2) is 0 Å². The summed E-state index contributed by atoms with van der Waals surface area (Å²) >= 11 is 5.51. The molecule has 0 amide bonds. The quantitative estimate of drug-likeness (QED) is 0.875. The van der Waals surface area contributed by atoms with E-state index >= 15 is 0 Å². The van der Waals surface area contributed by atoms with Crippen LogP contribution in [0.3, 0.4) is 0 Å². The number of aromatic amines is 1. The maximum absolute atomic E-state index is 11.5. The van der Waals surface area contributed by atoms with E-state index in [4.69, 9.17) is 17.0 Å². The Hall–Kier alpha value is -1.14. The SMILES string of the molecule is CCCOc1cccc2c1[nH]c(=S)n2C1CCS(=O)CC1. The Balaban J connectivity index is 2.01. The molecule has 1 aliphatic heterocycles. The Morgan fingerprint density at radius 3 is 2.90 bits per heavy atom. The van der Waals surface area contributed by atoms with Crippen molar-refractivity contribution in [3.63, 3.8) is 0 Å². The number of nitrogens with zero attached hydrogens (tertiary/aromatic N) is 1. The molecule has 1 saturated heterocycles. The van der Waals surface area contributed by atoms with Gasteiger partial charge in [0.05, 0.1) is 12.1 Å². The Bertz CT molecular complexity index is 710. The molecule has 1 fully saturated rings. The summed E-state index contributed by atoms with van der Waals surface area (Å²) < 4.78 is 20.3. The number of ether oxygens (including phenoxy) is 1. The number of nitrogens with one attached hydrogen (secondary N) is 1. The summed E-state index contributed by atoms with van der Waals surface area (Å²) in [5, 5.41) is 0. The fraction of sp³-hybridized carbons (Fsp3) is 0.533. The van der Waals surface area contributed by atoms with Crippen LogP contribution in [0.2, 0.25) is 0 Å². The van der Waals surface area contributed by atoms with Crippen molar-refractivity contribution in [2.24, 2.45) is 0 Å². The summed E-state index contributed by atoms with van der Waals surface area (Å²) in [6.45, 7) is 2.79. The number of fused-ring (bicyclic) bond motifs is 1. The topological polar surface area (TPSA) is 47.0 Å². The lowest BCUT2D eigenvalue weighted by Crippen LogP contribution is -2.21. The van der Waals surface area contributed by atoms with Crippen molar-refractivity contribution in [1.29, 1.82) is 0 Å². The third-order valence-electron chi connectivity index (χ3n) is 3.90. The Labute approximate surface area is 132 Å². The summed E-state index contributed by atoms with van der Waals surface area (Å²) in [5.74, 6) is 2.40. The largest absolute Gasteiger partial charge is 0.491 e. The van der Waals surface area contributed by atoms with E-state index in [1.54, 1.807) is 0 Å². The zero-order valence-electron chi connectivity index (χ0n) is 12.1. The molecule has 3 rings (SSSR count). The lowest BCUT2D eigenvalue weighted by atomic mass is 10.1. The highest BCUT2D eigenvalue weighted by Crippen LogP contribution is 2.31. The van der Waals surface area contributed by atoms with Crippen LogP contribution in [-0.2, 0) is 10.8 Å². The first-order valence-corrected chi connectivity index (χ1v) is 9.31. The number of rotatable bonds is 4. The van der Waals surface area contributed by atoms with E-state index in [0.717, 1.165) is 52.3 Å². The second-order valence-electron chi connectivity index (χ2n) is 5.38. The van der Waals surface area contributed by atoms with Gasteiger partial charge in [-0.05, 0) is 43.6 Å². The molecule has 2 heterocycles. The van der Waals surface area contributed by atoms with Gasteiger partial charge < -0.3 is 14.3 Å². The van der Waals surface area contributed by atoms with Gasteiger partial charge in [-0.15, -0.1) is 0 Å². The van der Waals surface area contributed by atoms with Crippen molar-refractivity contribution in [3.8, 4) is 5.75 Å². The second kappa shape index (κ2) is 6.32. The van der Waals surface area contributed by atoms with Crippen LogP contribution in [-0.4, -0.2) is 31.9 Å². The molecular formula is C15H20N2O2S2. The molecule has 114 valence electrons. The molecule has 4 nitrogen and oxygen atoms in total. The summed E-state index contributed by atoms with van der Waals surface area (Å²) in [6, 6.07) is 6.40. The minimum Gasteiger partial charge on any atom is -0.491 e. The molecule has 0 atom stereocenters. The first kappa shape index (κ1) is 14.8. The molecule has 1 aromatic carbocycles. The highest BCUT2D eigenvalue weighted by atomic mass is 32.2. The van der Waals surface area contributed by atoms with Crippen molar-refractivity contribution in [2.45, 2.75) is 32.2 Å². The first-order valence-electron chi connectivity index (χ1n) is 7.41. The van der Waals surface area contributed by atoms with Gasteiger partial charge in [0.1, 0.15) is 11.3 Å². The Kier molecular flexibility index (Phi) is 4.45. The van der Waals surface area contributed by atoms with Crippen LogP contribution < -0.4 is 4.74 Å². The van der Waals surface area contributed by atoms with Gasteiger partial charge in [0.25, 0.3) is 0 Å². The van der Waals surface area contributed by atoms with Gasteiger partial charge in [0.15, 0.2) is 4.77 Å². The predicted molar refractivity (Wildman–Crippen MR) is 89.1 cm³/mol. The van der Waals surface area contributed by atoms with Crippen LogP contribution in [0.25, 0.3) is 11.0 Å². The van der Waals surface area contributed by atoms with E-state index < -0.39 is 10.8 Å². The molecule has 0 bridgehead atoms. The number of H-pyrrole nitrogens is 1. The molecule has 1 aromatic heterocycles. The average Bonchev–Trinajstić information content (AvgIpc) is 2.83. The van der Waals surface area contributed by atoms with Crippen molar-refractivity contribution in [1.82, 2.24) is 9.55 Å². The minimum atomic E-state index is -0.654. The van der Waals surface area contributed by atoms with Crippen molar-refractivity contribution >= 4 is 34.1 Å². The number of hydrogen-bond donors (Lipinski definition) is 1. The lowest BCUT2D eigenvalue weighted by molar-refractivity contribution is 0.320. The van der Waals surface area contributed by atoms with Crippen LogP contribution in [0.1, 0.15) is 32.2 Å². The molecule has 6 heteroatoms. The van der Waals surface area contributed by atoms with Gasteiger partial charge in [0, 0.05) is 28.3 Å². The molecule has 0 radical (unpaired) electrons. The summed E-state index contributed by atoms with van der Waals surface area (Å²) in [7, 11) is -0.654. The fourth-order valence-electron chi connectivity index (χ4n) is 2.86. The highest BCUT2D eigenvalue weighted by Gasteiger charge is 2.22. The van der Waals surface area contributed by atoms with E-state index in [0.29, 0.717) is 12.6 Å². The van der Waals surface area contributed by atoms with Crippen LogP contribution in [0.4, 0.5) is 0 Å². The van der Waals surface area contributed by atoms with E-state index in [1.807, 2.05) is 12.1 Å². The third-order valence-corrected chi connectivity index (χ3v) is 5.58. The normalized spacial score (nSPS) is 22.5. The van der Waals surface area contributed by atoms with Crippen LogP contribution in [0.5, 0.6) is 5.75 Å². The van der Waals surface area contributed by atoms with E-state index in [-0.39, 0.29) is 0 Å². The Morgan fingerprint density at radius 2 is 2.19 bits per heavy atom. The number of aromatic nitrogens is 2. The number of hydrogen-bond acceptors (Lipinski definition) is 3. The third kappa shape index (κ3) is 2.92. The highest BCUT2D eigenvalue weighted by molar-refractivity contribution is 7.85. The molecule has 0 unspecified atom stereocenters. The van der Waals surface area contributed by atoms with Crippen LogP contribution in [0, 0.1) is 4.77 Å². The maximum atomic E-state index is 11.5. The monoisotopic (exact) mass is 324 g/mol. The van der Waals surface area contributed by atoms with Crippen LogP contribution >= 0.6 is 12.2 Å². The molecular weight excluding hydrogens is 304 g/mol. The van der Waals surface area contributed by atoms with Crippen molar-refractivity contribution < 1.29 is 8.95 Å². The molecule has 21 heavy (non-hydrogen) atoms.